The zero-order valence-corrected chi connectivity index (χ0v) is 18.9. The number of hydrogen-bond acceptors (Lipinski definition) is 6. The number of para-hydroxylation sites is 2. The fourth-order valence-corrected chi connectivity index (χ4v) is 3.93. The van der Waals surface area contributed by atoms with E-state index in [2.05, 4.69) is 5.32 Å². The number of aromatic nitrogens is 2. The Morgan fingerprint density at radius 1 is 1.16 bits per heavy atom. The molecular formula is C24H34N4O3. The summed E-state index contributed by atoms with van der Waals surface area (Å²) in [6, 6.07) is 8.36. The maximum atomic E-state index is 12.4. The highest BCUT2D eigenvalue weighted by molar-refractivity contribution is 5.77. The maximum Gasteiger partial charge on any atom is 0.410 e. The fraction of sp³-hybridized carbons (Fsp3) is 0.625. The van der Waals surface area contributed by atoms with Gasteiger partial charge in [0.2, 0.25) is 0 Å². The lowest BCUT2D eigenvalue weighted by Gasteiger charge is -2.34. The van der Waals surface area contributed by atoms with Gasteiger partial charge in [0.15, 0.2) is 5.82 Å². The molecule has 1 saturated heterocycles. The third-order valence-corrected chi connectivity index (χ3v) is 5.62. The van der Waals surface area contributed by atoms with Crippen molar-refractivity contribution in [3.05, 3.63) is 24.3 Å². The van der Waals surface area contributed by atoms with Crippen molar-refractivity contribution in [1.29, 1.82) is 0 Å². The van der Waals surface area contributed by atoms with E-state index in [-0.39, 0.29) is 6.09 Å². The summed E-state index contributed by atoms with van der Waals surface area (Å²) in [5.41, 5.74) is 1.27. The van der Waals surface area contributed by atoms with Crippen LogP contribution in [0, 0.1) is 5.92 Å². The van der Waals surface area contributed by atoms with Crippen molar-refractivity contribution in [2.24, 2.45) is 5.92 Å². The first-order chi connectivity index (χ1) is 14.9. The lowest BCUT2D eigenvalue weighted by molar-refractivity contribution is 0.0159. The lowest BCUT2D eigenvalue weighted by atomic mass is 9.94. The zero-order valence-electron chi connectivity index (χ0n) is 18.9. The average molecular weight is 427 g/mol. The van der Waals surface area contributed by atoms with Crippen LogP contribution in [-0.4, -0.2) is 52.3 Å². The minimum atomic E-state index is -0.453. The number of hydrogen-bond donors (Lipinski definition) is 1. The number of amides is 1. The SMILES string of the molecule is CC(C)(C)OC(=O)N1CCC[C@H](CCCOc2nc3ccccc3nc2NC2CC2)C1. The summed E-state index contributed by atoms with van der Waals surface area (Å²) in [7, 11) is 0. The molecule has 1 aliphatic heterocycles. The predicted molar refractivity (Wildman–Crippen MR) is 121 cm³/mol. The molecule has 1 saturated carbocycles. The van der Waals surface area contributed by atoms with Gasteiger partial charge in [0, 0.05) is 19.1 Å². The minimum absolute atomic E-state index is 0.198. The first kappa shape index (κ1) is 21.7. The highest BCUT2D eigenvalue weighted by atomic mass is 16.6. The molecule has 7 nitrogen and oxygen atoms in total. The molecule has 2 fully saturated rings. The molecule has 1 N–H and O–H groups in total. The van der Waals surface area contributed by atoms with Crippen molar-refractivity contribution in [2.75, 3.05) is 25.0 Å². The Morgan fingerprint density at radius 3 is 2.61 bits per heavy atom. The molecule has 168 valence electrons. The monoisotopic (exact) mass is 426 g/mol. The van der Waals surface area contributed by atoms with Gasteiger partial charge in [-0.3, -0.25) is 0 Å². The van der Waals surface area contributed by atoms with Gasteiger partial charge in [-0.25, -0.2) is 14.8 Å². The quantitative estimate of drug-likeness (QED) is 0.627. The second-order valence-electron chi connectivity index (χ2n) is 9.71. The van der Waals surface area contributed by atoms with Gasteiger partial charge in [0.25, 0.3) is 5.88 Å². The number of ether oxygens (including phenoxy) is 2. The maximum absolute atomic E-state index is 12.4. The summed E-state index contributed by atoms with van der Waals surface area (Å²) in [4.78, 5) is 23.6. The molecule has 2 aliphatic rings. The molecule has 0 bridgehead atoms. The van der Waals surface area contributed by atoms with Crippen LogP contribution in [0.1, 0.15) is 59.3 Å². The average Bonchev–Trinajstić information content (AvgIpc) is 3.54. The number of benzene rings is 1. The summed E-state index contributed by atoms with van der Waals surface area (Å²) in [6.07, 6.45) is 6.25. The largest absolute Gasteiger partial charge is 0.475 e. The molecule has 4 rings (SSSR count). The van der Waals surface area contributed by atoms with Gasteiger partial charge in [-0.05, 0) is 77.3 Å². The standard InChI is InChI=1S/C24H34N4O3/c1-24(2,3)31-23(29)28-14-6-8-17(16-28)9-7-15-30-22-21(25-18-12-13-18)26-19-10-4-5-11-20(19)27-22/h4-5,10-11,17-18H,6-9,12-16H2,1-3H3,(H,25,26)/t17-/m1/s1. The number of anilines is 1. The number of carbonyl (C=O) groups excluding carboxylic acids is 1. The second-order valence-corrected chi connectivity index (χ2v) is 9.71. The van der Waals surface area contributed by atoms with Crippen LogP contribution < -0.4 is 10.1 Å². The van der Waals surface area contributed by atoms with Gasteiger partial charge in [-0.2, -0.15) is 0 Å². The van der Waals surface area contributed by atoms with Crippen LogP contribution in [0.5, 0.6) is 5.88 Å². The van der Waals surface area contributed by atoms with Crippen LogP contribution in [0.15, 0.2) is 24.3 Å². The number of nitrogens with zero attached hydrogens (tertiary/aromatic N) is 3. The van der Waals surface area contributed by atoms with Crippen molar-refractivity contribution in [1.82, 2.24) is 14.9 Å². The van der Waals surface area contributed by atoms with Crippen LogP contribution in [0.4, 0.5) is 10.6 Å². The Bertz CT molecular complexity index is 907. The van der Waals surface area contributed by atoms with Gasteiger partial charge in [-0.15, -0.1) is 0 Å². The molecule has 1 atom stereocenters. The van der Waals surface area contributed by atoms with E-state index in [4.69, 9.17) is 19.4 Å². The Labute approximate surface area is 184 Å². The van der Waals surface area contributed by atoms with E-state index in [1.54, 1.807) is 0 Å². The van der Waals surface area contributed by atoms with Crippen molar-refractivity contribution in [3.8, 4) is 5.88 Å². The molecule has 2 aromatic rings. The Kier molecular flexibility index (Phi) is 6.49. The minimum Gasteiger partial charge on any atom is -0.475 e. The van der Waals surface area contributed by atoms with Crippen molar-refractivity contribution >= 4 is 22.9 Å². The van der Waals surface area contributed by atoms with E-state index in [9.17, 15) is 4.79 Å². The third kappa shape index (κ3) is 6.21. The van der Waals surface area contributed by atoms with E-state index >= 15 is 0 Å². The number of fused-ring (bicyclic) bond motifs is 1. The van der Waals surface area contributed by atoms with Gasteiger partial charge >= 0.3 is 6.09 Å². The second kappa shape index (κ2) is 9.28. The molecular weight excluding hydrogens is 392 g/mol. The van der Waals surface area contributed by atoms with E-state index in [1.165, 1.54) is 12.8 Å². The highest BCUT2D eigenvalue weighted by Gasteiger charge is 2.27. The number of piperidine rings is 1. The Hall–Kier alpha value is -2.57. The number of likely N-dealkylation sites (tertiary alicyclic amines) is 1. The lowest BCUT2D eigenvalue weighted by Crippen LogP contribution is -2.42. The first-order valence-corrected chi connectivity index (χ1v) is 11.5. The summed E-state index contributed by atoms with van der Waals surface area (Å²) in [6.45, 7) is 7.86. The van der Waals surface area contributed by atoms with Gasteiger partial charge in [0.1, 0.15) is 5.60 Å². The molecule has 1 aliphatic carbocycles. The van der Waals surface area contributed by atoms with E-state index in [1.807, 2.05) is 49.9 Å². The van der Waals surface area contributed by atoms with Crippen LogP contribution in [0.3, 0.4) is 0 Å². The Balaban J connectivity index is 1.29. The molecule has 0 spiro atoms. The van der Waals surface area contributed by atoms with Crippen LogP contribution >= 0.6 is 0 Å². The number of carbonyl (C=O) groups is 1. The van der Waals surface area contributed by atoms with Crippen molar-refractivity contribution < 1.29 is 14.3 Å². The molecule has 1 aromatic heterocycles. The van der Waals surface area contributed by atoms with Crippen molar-refractivity contribution in [3.63, 3.8) is 0 Å². The van der Waals surface area contributed by atoms with Gasteiger partial charge in [0.05, 0.1) is 17.6 Å². The van der Waals surface area contributed by atoms with Gasteiger partial charge in [-0.1, -0.05) is 12.1 Å². The smallest absolute Gasteiger partial charge is 0.410 e. The molecule has 31 heavy (non-hydrogen) atoms. The normalized spacial score (nSPS) is 19.3. The molecule has 0 unspecified atom stereocenters. The van der Waals surface area contributed by atoms with Crippen LogP contribution in [0.25, 0.3) is 11.0 Å². The Morgan fingerprint density at radius 2 is 1.90 bits per heavy atom. The molecule has 7 heteroatoms. The van der Waals surface area contributed by atoms with Crippen LogP contribution in [0.2, 0.25) is 0 Å². The summed E-state index contributed by atoms with van der Waals surface area (Å²) in [5.74, 6) is 1.82. The number of rotatable bonds is 7. The number of nitrogens with one attached hydrogen (secondary N) is 1. The summed E-state index contributed by atoms with van der Waals surface area (Å²) in [5, 5.41) is 3.45. The predicted octanol–water partition coefficient (Wildman–Crippen LogP) is 5.01. The van der Waals surface area contributed by atoms with E-state index in [0.29, 0.717) is 24.4 Å². The molecule has 1 amide bonds. The first-order valence-electron chi connectivity index (χ1n) is 11.5. The van der Waals surface area contributed by atoms with E-state index in [0.717, 1.165) is 55.6 Å². The summed E-state index contributed by atoms with van der Waals surface area (Å²) < 4.78 is 11.6. The highest BCUT2D eigenvalue weighted by Crippen LogP contribution is 2.30. The summed E-state index contributed by atoms with van der Waals surface area (Å²) >= 11 is 0. The topological polar surface area (TPSA) is 76.6 Å². The molecule has 2 heterocycles. The molecule has 1 aromatic carbocycles. The van der Waals surface area contributed by atoms with Crippen LogP contribution in [-0.2, 0) is 4.74 Å². The zero-order chi connectivity index (χ0) is 21.8. The van der Waals surface area contributed by atoms with Gasteiger partial charge < -0.3 is 19.7 Å². The van der Waals surface area contributed by atoms with E-state index < -0.39 is 5.60 Å². The van der Waals surface area contributed by atoms with Crippen molar-refractivity contribution in [2.45, 2.75) is 70.9 Å². The third-order valence-electron chi connectivity index (χ3n) is 5.62. The fourth-order valence-electron chi connectivity index (χ4n) is 3.93. The molecule has 0 radical (unpaired) electrons.